The van der Waals surface area contributed by atoms with Crippen molar-refractivity contribution < 1.29 is 14.4 Å². The van der Waals surface area contributed by atoms with Crippen LogP contribution in [0.25, 0.3) is 11.4 Å². The summed E-state index contributed by atoms with van der Waals surface area (Å²) >= 11 is 1.11. The minimum absolute atomic E-state index is 0.0867. The third-order valence-corrected chi connectivity index (χ3v) is 5.56. The fourth-order valence-electron chi connectivity index (χ4n) is 3.01. The zero-order chi connectivity index (χ0) is 22.9. The highest BCUT2D eigenvalue weighted by Crippen LogP contribution is 2.24. The molecule has 3 amide bonds. The SMILES string of the molecule is CC(=O)NCCNc1nc(-c2ccccc2)nc(NCCNC(=O)[C@@H]2CSC(=O)N2)c1C. The van der Waals surface area contributed by atoms with Crippen molar-refractivity contribution in [3.8, 4) is 11.4 Å². The fraction of sp³-hybridized carbons (Fsp3) is 0.381. The summed E-state index contributed by atoms with van der Waals surface area (Å²) in [5, 5.41) is 14.5. The van der Waals surface area contributed by atoms with E-state index in [0.717, 1.165) is 22.9 Å². The van der Waals surface area contributed by atoms with Gasteiger partial charge in [-0.1, -0.05) is 42.1 Å². The summed E-state index contributed by atoms with van der Waals surface area (Å²) in [6.45, 7) is 5.21. The molecule has 0 spiro atoms. The van der Waals surface area contributed by atoms with E-state index >= 15 is 0 Å². The van der Waals surface area contributed by atoms with Crippen molar-refractivity contribution in [1.29, 1.82) is 0 Å². The van der Waals surface area contributed by atoms with E-state index in [-0.39, 0.29) is 17.1 Å². The van der Waals surface area contributed by atoms with Crippen molar-refractivity contribution in [2.24, 2.45) is 0 Å². The zero-order valence-corrected chi connectivity index (χ0v) is 18.8. The van der Waals surface area contributed by atoms with Crippen LogP contribution in [0, 0.1) is 6.92 Å². The van der Waals surface area contributed by atoms with Crippen LogP contribution in [0.3, 0.4) is 0 Å². The maximum absolute atomic E-state index is 12.1. The number of nitrogens with one attached hydrogen (secondary N) is 5. The van der Waals surface area contributed by atoms with E-state index < -0.39 is 6.04 Å². The number of hydrogen-bond donors (Lipinski definition) is 5. The molecule has 0 unspecified atom stereocenters. The molecule has 32 heavy (non-hydrogen) atoms. The lowest BCUT2D eigenvalue weighted by molar-refractivity contribution is -0.122. The standard InChI is InChI=1S/C21H27N7O3S/c1-13-17(23-9-8-22-14(2)29)27-19(15-6-4-3-5-7-15)28-18(13)24-10-11-25-20(30)16-12-32-21(31)26-16/h3-7,16H,8-12H2,1-2H3,(H,22,29)(H,25,30)(H,26,31)(H2,23,24,27,28)/t16-/m0/s1. The third kappa shape index (κ3) is 6.58. The maximum Gasteiger partial charge on any atom is 0.279 e. The van der Waals surface area contributed by atoms with Crippen LogP contribution >= 0.6 is 11.8 Å². The molecule has 0 aliphatic carbocycles. The second-order valence-corrected chi connectivity index (χ2v) is 8.15. The summed E-state index contributed by atoms with van der Waals surface area (Å²) in [5.74, 6) is 2.04. The van der Waals surface area contributed by atoms with Gasteiger partial charge in [0, 0.05) is 50.0 Å². The number of hydrogen-bond acceptors (Lipinski definition) is 8. The Hall–Kier alpha value is -3.34. The molecule has 2 aromatic rings. The predicted octanol–water partition coefficient (Wildman–Crippen LogP) is 1.35. The lowest BCUT2D eigenvalue weighted by Gasteiger charge is -2.16. The Balaban J connectivity index is 1.65. The first-order valence-electron chi connectivity index (χ1n) is 10.3. The minimum Gasteiger partial charge on any atom is -0.368 e. The summed E-state index contributed by atoms with van der Waals surface area (Å²) in [6.07, 6.45) is 0. The van der Waals surface area contributed by atoms with E-state index in [4.69, 9.17) is 0 Å². The number of aromatic nitrogens is 2. The van der Waals surface area contributed by atoms with E-state index in [1.165, 1.54) is 6.92 Å². The molecular formula is C21H27N7O3S. The van der Waals surface area contributed by atoms with Gasteiger partial charge in [0.1, 0.15) is 17.7 Å². The molecule has 10 nitrogen and oxygen atoms in total. The van der Waals surface area contributed by atoms with Crippen LogP contribution in [0.1, 0.15) is 12.5 Å². The van der Waals surface area contributed by atoms with Crippen LogP contribution in [0.2, 0.25) is 0 Å². The largest absolute Gasteiger partial charge is 0.368 e. The number of thioether (sulfide) groups is 1. The molecule has 170 valence electrons. The lowest BCUT2D eigenvalue weighted by atomic mass is 10.2. The van der Waals surface area contributed by atoms with Gasteiger partial charge in [-0.15, -0.1) is 0 Å². The number of anilines is 2. The molecule has 1 aliphatic heterocycles. The molecule has 0 bridgehead atoms. The molecule has 1 aromatic carbocycles. The van der Waals surface area contributed by atoms with Gasteiger partial charge < -0.3 is 26.6 Å². The van der Waals surface area contributed by atoms with Crippen LogP contribution in [0.4, 0.5) is 16.4 Å². The van der Waals surface area contributed by atoms with Gasteiger partial charge in [-0.25, -0.2) is 9.97 Å². The molecule has 1 saturated heterocycles. The van der Waals surface area contributed by atoms with Crippen molar-refractivity contribution in [1.82, 2.24) is 25.9 Å². The Morgan fingerprint density at radius 2 is 1.66 bits per heavy atom. The van der Waals surface area contributed by atoms with Gasteiger partial charge in [0.05, 0.1) is 0 Å². The van der Waals surface area contributed by atoms with E-state index in [9.17, 15) is 14.4 Å². The van der Waals surface area contributed by atoms with Gasteiger partial charge in [-0.05, 0) is 6.92 Å². The van der Waals surface area contributed by atoms with Crippen molar-refractivity contribution in [3.63, 3.8) is 0 Å². The number of carbonyl (C=O) groups excluding carboxylic acids is 3. The van der Waals surface area contributed by atoms with E-state index in [1.54, 1.807) is 0 Å². The number of benzene rings is 1. The van der Waals surface area contributed by atoms with Crippen LogP contribution in [-0.2, 0) is 9.59 Å². The van der Waals surface area contributed by atoms with Gasteiger partial charge >= 0.3 is 0 Å². The summed E-state index contributed by atoms with van der Waals surface area (Å²) in [5.41, 5.74) is 1.71. The molecule has 2 heterocycles. The Bertz CT molecular complexity index is 971. The summed E-state index contributed by atoms with van der Waals surface area (Å²) in [7, 11) is 0. The molecule has 1 fully saturated rings. The van der Waals surface area contributed by atoms with Crippen LogP contribution in [-0.4, -0.2) is 65.0 Å². The van der Waals surface area contributed by atoms with Crippen LogP contribution in [0.15, 0.2) is 30.3 Å². The molecular weight excluding hydrogens is 430 g/mol. The van der Waals surface area contributed by atoms with Crippen molar-refractivity contribution in [2.45, 2.75) is 19.9 Å². The quantitative estimate of drug-likeness (QED) is 0.337. The van der Waals surface area contributed by atoms with E-state index in [1.807, 2.05) is 37.3 Å². The van der Waals surface area contributed by atoms with E-state index in [2.05, 4.69) is 36.6 Å². The Morgan fingerprint density at radius 3 is 2.22 bits per heavy atom. The summed E-state index contributed by atoms with van der Waals surface area (Å²) < 4.78 is 0. The van der Waals surface area contributed by atoms with Crippen molar-refractivity contribution in [2.75, 3.05) is 42.6 Å². The second kappa shape index (κ2) is 11.3. The molecule has 1 aliphatic rings. The molecule has 11 heteroatoms. The van der Waals surface area contributed by atoms with Crippen molar-refractivity contribution >= 4 is 40.5 Å². The first-order valence-corrected chi connectivity index (χ1v) is 11.3. The fourth-order valence-corrected chi connectivity index (χ4v) is 3.79. The summed E-state index contributed by atoms with van der Waals surface area (Å²) in [6, 6.07) is 9.15. The molecule has 5 N–H and O–H groups in total. The topological polar surface area (TPSA) is 137 Å². The number of amides is 3. The van der Waals surface area contributed by atoms with Crippen LogP contribution < -0.4 is 26.6 Å². The molecule has 0 radical (unpaired) electrons. The van der Waals surface area contributed by atoms with Crippen molar-refractivity contribution in [3.05, 3.63) is 35.9 Å². The van der Waals surface area contributed by atoms with Crippen LogP contribution in [0.5, 0.6) is 0 Å². The Labute approximate surface area is 190 Å². The average Bonchev–Trinajstić information content (AvgIpc) is 3.22. The summed E-state index contributed by atoms with van der Waals surface area (Å²) in [4.78, 5) is 43.8. The third-order valence-electron chi connectivity index (χ3n) is 4.68. The minimum atomic E-state index is -0.489. The molecule has 0 saturated carbocycles. The number of rotatable bonds is 10. The normalized spacial score (nSPS) is 15.1. The Morgan fingerprint density at radius 1 is 1.03 bits per heavy atom. The van der Waals surface area contributed by atoms with Gasteiger partial charge in [-0.3, -0.25) is 14.4 Å². The second-order valence-electron chi connectivity index (χ2n) is 7.16. The van der Waals surface area contributed by atoms with Gasteiger partial charge in [0.25, 0.3) is 5.24 Å². The number of carbonyl (C=O) groups is 3. The highest BCUT2D eigenvalue weighted by atomic mass is 32.2. The monoisotopic (exact) mass is 457 g/mol. The average molecular weight is 458 g/mol. The zero-order valence-electron chi connectivity index (χ0n) is 18.0. The van der Waals surface area contributed by atoms with E-state index in [0.29, 0.717) is 49.4 Å². The molecule has 1 atom stereocenters. The molecule has 3 rings (SSSR count). The number of nitrogens with zero attached hydrogens (tertiary/aromatic N) is 2. The predicted molar refractivity (Wildman–Crippen MR) is 126 cm³/mol. The van der Waals surface area contributed by atoms with Gasteiger partial charge in [0.2, 0.25) is 11.8 Å². The highest BCUT2D eigenvalue weighted by Gasteiger charge is 2.27. The van der Waals surface area contributed by atoms with Gasteiger partial charge in [0.15, 0.2) is 5.82 Å². The first-order chi connectivity index (χ1) is 15.4. The molecule has 1 aromatic heterocycles. The maximum atomic E-state index is 12.1. The van der Waals surface area contributed by atoms with Gasteiger partial charge in [-0.2, -0.15) is 0 Å². The smallest absolute Gasteiger partial charge is 0.279 e. The first kappa shape index (κ1) is 23.3. The lowest BCUT2D eigenvalue weighted by Crippen LogP contribution is -2.44. The highest BCUT2D eigenvalue weighted by molar-refractivity contribution is 8.14. The Kier molecular flexibility index (Phi) is 8.26.